The minimum absolute atomic E-state index is 0.587. The van der Waals surface area contributed by atoms with Gasteiger partial charge in [-0.1, -0.05) is 48.5 Å². The Kier molecular flexibility index (Phi) is 3.27. The van der Waals surface area contributed by atoms with E-state index >= 15 is 0 Å². The predicted octanol–water partition coefficient (Wildman–Crippen LogP) is 4.68. The molecular weight excluding hydrogens is 284 g/mol. The zero-order valence-corrected chi connectivity index (χ0v) is 12.7. The lowest BCUT2D eigenvalue weighted by Crippen LogP contribution is -1.99. The average Bonchev–Trinajstić information content (AvgIpc) is 2.96. The van der Waals surface area contributed by atoms with Crippen LogP contribution in [0.1, 0.15) is 5.69 Å². The van der Waals surface area contributed by atoms with Crippen molar-refractivity contribution in [1.29, 1.82) is 0 Å². The van der Waals surface area contributed by atoms with Gasteiger partial charge >= 0.3 is 0 Å². The van der Waals surface area contributed by atoms with Gasteiger partial charge in [0.2, 0.25) is 5.95 Å². The number of anilines is 2. The summed E-state index contributed by atoms with van der Waals surface area (Å²) in [7, 11) is 0. The standard InChI is InChI=1S/C19H16N4/c1-13-12-16-17(14-8-4-2-5-9-14)22-19(23-18(16)20-13)21-15-10-6-3-7-11-15/h2-12H,1H3,(H2,20,21,22,23). The van der Waals surface area contributed by atoms with Gasteiger partial charge in [0.05, 0.1) is 5.69 Å². The number of H-pyrrole nitrogens is 1. The molecule has 0 aliphatic heterocycles. The van der Waals surface area contributed by atoms with Crippen molar-refractivity contribution < 1.29 is 0 Å². The first-order valence-electron chi connectivity index (χ1n) is 7.54. The molecule has 112 valence electrons. The SMILES string of the molecule is Cc1cc2c(-c3ccccc3)nc(Nc3ccccc3)nc2[nH]1. The minimum Gasteiger partial charge on any atom is -0.343 e. The van der Waals surface area contributed by atoms with Crippen molar-refractivity contribution >= 4 is 22.7 Å². The fraction of sp³-hybridized carbons (Fsp3) is 0.0526. The summed E-state index contributed by atoms with van der Waals surface area (Å²) in [6, 6.07) is 22.2. The van der Waals surface area contributed by atoms with Gasteiger partial charge in [-0.2, -0.15) is 4.98 Å². The molecule has 0 spiro atoms. The van der Waals surface area contributed by atoms with Crippen LogP contribution in [0.4, 0.5) is 11.6 Å². The number of nitrogens with one attached hydrogen (secondary N) is 2. The topological polar surface area (TPSA) is 53.6 Å². The molecule has 2 N–H and O–H groups in total. The van der Waals surface area contributed by atoms with Gasteiger partial charge in [0, 0.05) is 22.3 Å². The van der Waals surface area contributed by atoms with Crippen LogP contribution in [0.25, 0.3) is 22.3 Å². The lowest BCUT2D eigenvalue weighted by molar-refractivity contribution is 1.18. The average molecular weight is 300 g/mol. The summed E-state index contributed by atoms with van der Waals surface area (Å²) in [4.78, 5) is 12.6. The Morgan fingerprint density at radius 2 is 1.57 bits per heavy atom. The van der Waals surface area contributed by atoms with Gasteiger partial charge in [-0.05, 0) is 25.1 Å². The molecule has 0 bridgehead atoms. The lowest BCUT2D eigenvalue weighted by Gasteiger charge is -2.08. The third-order valence-corrected chi connectivity index (χ3v) is 3.70. The second-order valence-corrected chi connectivity index (χ2v) is 5.47. The van der Waals surface area contributed by atoms with E-state index in [-0.39, 0.29) is 0 Å². The molecule has 0 aliphatic carbocycles. The normalized spacial score (nSPS) is 10.8. The van der Waals surface area contributed by atoms with Crippen LogP contribution >= 0.6 is 0 Å². The summed E-state index contributed by atoms with van der Waals surface area (Å²) in [6.45, 7) is 2.03. The monoisotopic (exact) mass is 300 g/mol. The van der Waals surface area contributed by atoms with Crippen LogP contribution in [0.3, 0.4) is 0 Å². The van der Waals surface area contributed by atoms with Crippen LogP contribution in [0.5, 0.6) is 0 Å². The highest BCUT2D eigenvalue weighted by atomic mass is 15.1. The Morgan fingerprint density at radius 1 is 0.870 bits per heavy atom. The summed E-state index contributed by atoms with van der Waals surface area (Å²) in [5.74, 6) is 0.587. The zero-order chi connectivity index (χ0) is 15.6. The molecule has 2 heterocycles. The number of aromatic nitrogens is 3. The number of hydrogen-bond donors (Lipinski definition) is 2. The second kappa shape index (κ2) is 5.57. The summed E-state index contributed by atoms with van der Waals surface area (Å²) in [5.41, 5.74) is 4.89. The fourth-order valence-electron chi connectivity index (χ4n) is 2.66. The van der Waals surface area contributed by atoms with Crippen LogP contribution in [0.2, 0.25) is 0 Å². The molecule has 2 aromatic heterocycles. The molecule has 0 radical (unpaired) electrons. The van der Waals surface area contributed by atoms with E-state index in [4.69, 9.17) is 4.98 Å². The lowest BCUT2D eigenvalue weighted by atomic mass is 10.1. The molecule has 0 aliphatic rings. The van der Waals surface area contributed by atoms with Gasteiger partial charge in [0.15, 0.2) is 0 Å². The molecule has 0 unspecified atom stereocenters. The number of benzene rings is 2. The van der Waals surface area contributed by atoms with Gasteiger partial charge in [-0.3, -0.25) is 0 Å². The zero-order valence-electron chi connectivity index (χ0n) is 12.7. The number of aromatic amines is 1. The van der Waals surface area contributed by atoms with Crippen molar-refractivity contribution in [3.8, 4) is 11.3 Å². The molecule has 0 saturated carbocycles. The maximum atomic E-state index is 4.74. The largest absolute Gasteiger partial charge is 0.343 e. The van der Waals surface area contributed by atoms with E-state index in [1.807, 2.05) is 55.5 Å². The molecule has 4 nitrogen and oxygen atoms in total. The van der Waals surface area contributed by atoms with E-state index in [9.17, 15) is 0 Å². The van der Waals surface area contributed by atoms with Gasteiger partial charge in [0.1, 0.15) is 5.65 Å². The Balaban J connectivity index is 1.87. The van der Waals surface area contributed by atoms with Crippen LogP contribution in [-0.2, 0) is 0 Å². The summed E-state index contributed by atoms with van der Waals surface area (Å²) in [5, 5.41) is 4.31. The van der Waals surface area contributed by atoms with Crippen LogP contribution < -0.4 is 5.32 Å². The number of rotatable bonds is 3. The molecule has 4 heteroatoms. The molecule has 4 aromatic rings. The predicted molar refractivity (Wildman–Crippen MR) is 93.8 cm³/mol. The van der Waals surface area contributed by atoms with E-state index in [0.29, 0.717) is 5.95 Å². The molecule has 0 saturated heterocycles. The Labute approximate surface area is 134 Å². The van der Waals surface area contributed by atoms with Crippen LogP contribution in [-0.4, -0.2) is 15.0 Å². The Morgan fingerprint density at radius 3 is 2.30 bits per heavy atom. The molecule has 23 heavy (non-hydrogen) atoms. The van der Waals surface area contributed by atoms with Crippen LogP contribution in [0.15, 0.2) is 66.7 Å². The van der Waals surface area contributed by atoms with E-state index < -0.39 is 0 Å². The fourth-order valence-corrected chi connectivity index (χ4v) is 2.66. The highest BCUT2D eigenvalue weighted by Crippen LogP contribution is 2.28. The molecule has 0 atom stereocenters. The minimum atomic E-state index is 0.587. The van der Waals surface area contributed by atoms with Gasteiger partial charge in [-0.15, -0.1) is 0 Å². The van der Waals surface area contributed by atoms with Crippen molar-refractivity contribution in [2.45, 2.75) is 6.92 Å². The van der Waals surface area contributed by atoms with Gasteiger partial charge in [0.25, 0.3) is 0 Å². The molecule has 0 amide bonds. The number of nitrogens with zero attached hydrogens (tertiary/aromatic N) is 2. The number of para-hydroxylation sites is 1. The Hall–Kier alpha value is -3.14. The first-order chi connectivity index (χ1) is 11.3. The maximum absolute atomic E-state index is 4.74. The molecule has 4 rings (SSSR count). The van der Waals surface area contributed by atoms with Crippen molar-refractivity contribution in [2.75, 3.05) is 5.32 Å². The van der Waals surface area contributed by atoms with Crippen molar-refractivity contribution in [3.63, 3.8) is 0 Å². The first-order valence-corrected chi connectivity index (χ1v) is 7.54. The molecule has 2 aromatic carbocycles. The third-order valence-electron chi connectivity index (χ3n) is 3.70. The Bertz CT molecular complexity index is 943. The molecule has 0 fully saturated rings. The summed E-state index contributed by atoms with van der Waals surface area (Å²) < 4.78 is 0. The summed E-state index contributed by atoms with van der Waals surface area (Å²) in [6.07, 6.45) is 0. The number of aryl methyl sites for hydroxylation is 1. The smallest absolute Gasteiger partial charge is 0.229 e. The number of fused-ring (bicyclic) bond motifs is 1. The second-order valence-electron chi connectivity index (χ2n) is 5.47. The van der Waals surface area contributed by atoms with E-state index in [1.165, 1.54) is 0 Å². The van der Waals surface area contributed by atoms with Gasteiger partial charge < -0.3 is 10.3 Å². The highest BCUT2D eigenvalue weighted by molar-refractivity contribution is 5.92. The third kappa shape index (κ3) is 2.66. The van der Waals surface area contributed by atoms with Crippen LogP contribution in [0, 0.1) is 6.92 Å². The quantitative estimate of drug-likeness (QED) is 0.577. The van der Waals surface area contributed by atoms with E-state index in [0.717, 1.165) is 33.7 Å². The highest BCUT2D eigenvalue weighted by Gasteiger charge is 2.12. The number of hydrogen-bond acceptors (Lipinski definition) is 3. The van der Waals surface area contributed by atoms with Gasteiger partial charge in [-0.25, -0.2) is 4.98 Å². The van der Waals surface area contributed by atoms with E-state index in [1.54, 1.807) is 0 Å². The van der Waals surface area contributed by atoms with Crippen molar-refractivity contribution in [3.05, 3.63) is 72.4 Å². The first kappa shape index (κ1) is 13.5. The molecular formula is C19H16N4. The maximum Gasteiger partial charge on any atom is 0.229 e. The van der Waals surface area contributed by atoms with E-state index in [2.05, 4.69) is 33.5 Å². The summed E-state index contributed by atoms with van der Waals surface area (Å²) >= 11 is 0. The van der Waals surface area contributed by atoms with Crippen molar-refractivity contribution in [2.24, 2.45) is 0 Å². The van der Waals surface area contributed by atoms with Crippen molar-refractivity contribution in [1.82, 2.24) is 15.0 Å².